The van der Waals surface area contributed by atoms with Crippen LogP contribution in [-0.4, -0.2) is 73.9 Å². The van der Waals surface area contributed by atoms with E-state index < -0.39 is 35.0 Å². The van der Waals surface area contributed by atoms with E-state index in [1.807, 2.05) is 0 Å². The van der Waals surface area contributed by atoms with Gasteiger partial charge >= 0.3 is 35.0 Å². The van der Waals surface area contributed by atoms with Crippen LogP contribution >= 0.6 is 37.0 Å². The molecule has 0 bridgehead atoms. The van der Waals surface area contributed by atoms with Crippen LogP contribution < -0.4 is 17.1 Å². The summed E-state index contributed by atoms with van der Waals surface area (Å²) in [6, 6.07) is 0. The highest BCUT2D eigenvalue weighted by molar-refractivity contribution is 7.99. The van der Waals surface area contributed by atoms with Crippen LogP contribution in [0.3, 0.4) is 0 Å². The first-order valence-electron chi connectivity index (χ1n) is 10.7. The number of carbonyl (C=O) groups is 3. The van der Waals surface area contributed by atoms with Gasteiger partial charge < -0.3 is 14.2 Å². The third-order valence-corrected chi connectivity index (χ3v) is 5.20. The van der Waals surface area contributed by atoms with Gasteiger partial charge in [0.25, 0.3) is 0 Å². The van der Waals surface area contributed by atoms with Crippen molar-refractivity contribution in [2.45, 2.75) is 56.8 Å². The third-order valence-electron chi connectivity index (χ3n) is 4.31. The average molecular weight is 554 g/mol. The van der Waals surface area contributed by atoms with Crippen LogP contribution in [-0.2, 0) is 48.2 Å². The molecule has 0 N–H and O–H groups in total. The lowest BCUT2D eigenvalue weighted by Gasteiger charge is -2.15. The maximum atomic E-state index is 12.9. The number of esters is 3. The molecule has 0 fully saturated rings. The van der Waals surface area contributed by atoms with Gasteiger partial charge in [-0.15, -0.1) is 0 Å². The number of rotatable bonds is 15. The monoisotopic (exact) mass is 553 g/mol. The quantitative estimate of drug-likeness (QED) is 0.167. The van der Waals surface area contributed by atoms with E-state index in [-0.39, 0.29) is 68.5 Å². The van der Waals surface area contributed by atoms with Gasteiger partial charge in [0.1, 0.15) is 19.8 Å². The van der Waals surface area contributed by atoms with E-state index in [9.17, 15) is 28.8 Å². The maximum absolute atomic E-state index is 12.9. The Morgan fingerprint density at radius 3 is 1.31 bits per heavy atom. The second kappa shape index (κ2) is 15.8. The average Bonchev–Trinajstić information content (AvgIpc) is 2.74. The molecule has 0 saturated carbocycles. The highest BCUT2D eigenvalue weighted by atomic mass is 32.2. The van der Waals surface area contributed by atoms with Crippen molar-refractivity contribution >= 4 is 54.9 Å². The van der Waals surface area contributed by atoms with Crippen LogP contribution in [0.4, 0.5) is 0 Å². The standard InChI is InChI=1S/C20H31N3O9S3/c1-13(33)10-15(24)30-7-4-21-18(27)22(5-8-31-16(25)11-14(2)34)20(29)23(19(21)28)6-9-32-17(26)12-35-3/h13-14,33-34H,4-12H2,1-3H3. The minimum atomic E-state index is -0.951. The normalized spacial score (nSPS) is 12.6. The van der Waals surface area contributed by atoms with Gasteiger partial charge in [0.05, 0.1) is 38.2 Å². The molecule has 0 aliphatic carbocycles. The summed E-state index contributed by atoms with van der Waals surface area (Å²) in [5.74, 6) is -1.53. The number of carbonyl (C=O) groups excluding carboxylic acids is 3. The fourth-order valence-corrected chi connectivity index (χ4v) is 3.39. The smallest absolute Gasteiger partial charge is 0.336 e. The van der Waals surface area contributed by atoms with Gasteiger partial charge in [-0.1, -0.05) is 13.8 Å². The first-order valence-corrected chi connectivity index (χ1v) is 13.2. The van der Waals surface area contributed by atoms with Gasteiger partial charge in [-0.25, -0.2) is 28.1 Å². The number of aromatic nitrogens is 3. The largest absolute Gasteiger partial charge is 0.464 e. The molecule has 0 aromatic carbocycles. The van der Waals surface area contributed by atoms with Crippen molar-refractivity contribution in [2.24, 2.45) is 0 Å². The fourth-order valence-electron chi connectivity index (χ4n) is 2.77. The number of hydrogen-bond donors (Lipinski definition) is 2. The summed E-state index contributed by atoms with van der Waals surface area (Å²) in [6.07, 6.45) is 1.80. The second-order valence-electron chi connectivity index (χ2n) is 7.50. The molecule has 12 nitrogen and oxygen atoms in total. The Hall–Kier alpha value is -2.13. The molecule has 0 spiro atoms. The van der Waals surface area contributed by atoms with Crippen molar-refractivity contribution in [3.8, 4) is 0 Å². The van der Waals surface area contributed by atoms with Crippen molar-refractivity contribution in [1.82, 2.24) is 13.7 Å². The highest BCUT2D eigenvalue weighted by Gasteiger charge is 2.17. The first kappa shape index (κ1) is 30.9. The lowest BCUT2D eigenvalue weighted by molar-refractivity contribution is -0.144. The van der Waals surface area contributed by atoms with Crippen LogP contribution in [0.25, 0.3) is 0 Å². The van der Waals surface area contributed by atoms with E-state index in [2.05, 4.69) is 25.3 Å². The van der Waals surface area contributed by atoms with E-state index in [0.29, 0.717) is 0 Å². The molecule has 2 atom stereocenters. The minimum absolute atomic E-state index is 0.0411. The number of hydrogen-bond acceptors (Lipinski definition) is 12. The number of nitrogens with zero attached hydrogens (tertiary/aromatic N) is 3. The summed E-state index contributed by atoms with van der Waals surface area (Å²) in [4.78, 5) is 73.6. The van der Waals surface area contributed by atoms with E-state index in [1.165, 1.54) is 11.8 Å². The van der Waals surface area contributed by atoms with Crippen molar-refractivity contribution in [2.75, 3.05) is 31.8 Å². The van der Waals surface area contributed by atoms with Crippen molar-refractivity contribution in [3.05, 3.63) is 31.5 Å². The molecule has 198 valence electrons. The second-order valence-corrected chi connectivity index (χ2v) is 10.1. The van der Waals surface area contributed by atoms with Crippen molar-refractivity contribution < 1.29 is 28.6 Å². The van der Waals surface area contributed by atoms with Crippen LogP contribution in [0.1, 0.15) is 26.7 Å². The Labute approximate surface area is 217 Å². The number of thiol groups is 2. The van der Waals surface area contributed by atoms with Crippen molar-refractivity contribution in [3.63, 3.8) is 0 Å². The van der Waals surface area contributed by atoms with Gasteiger partial charge in [-0.2, -0.15) is 37.0 Å². The van der Waals surface area contributed by atoms with E-state index in [4.69, 9.17) is 14.2 Å². The summed E-state index contributed by atoms with van der Waals surface area (Å²) in [6.45, 7) is 1.65. The van der Waals surface area contributed by atoms with Gasteiger partial charge in [0.15, 0.2) is 0 Å². The molecule has 2 unspecified atom stereocenters. The Balaban J connectivity index is 3.13. The molecule has 0 radical (unpaired) electrons. The molecular weight excluding hydrogens is 522 g/mol. The summed E-state index contributed by atoms with van der Waals surface area (Å²) in [5, 5.41) is -0.460. The summed E-state index contributed by atoms with van der Waals surface area (Å²) < 4.78 is 17.3. The Kier molecular flexibility index (Phi) is 13.9. The van der Waals surface area contributed by atoms with E-state index >= 15 is 0 Å². The van der Waals surface area contributed by atoms with Gasteiger partial charge in [-0.05, 0) is 6.26 Å². The summed E-state index contributed by atoms with van der Waals surface area (Å²) in [7, 11) is 0. The Morgan fingerprint density at radius 1 is 0.714 bits per heavy atom. The zero-order chi connectivity index (χ0) is 26.5. The first-order chi connectivity index (χ1) is 16.5. The molecule has 1 heterocycles. The maximum Gasteiger partial charge on any atom is 0.336 e. The predicted molar refractivity (Wildman–Crippen MR) is 137 cm³/mol. The molecule has 0 aliphatic rings. The molecular formula is C20H31N3O9S3. The molecule has 35 heavy (non-hydrogen) atoms. The Morgan fingerprint density at radius 2 is 1.03 bits per heavy atom. The molecule has 0 saturated heterocycles. The molecule has 0 aliphatic heterocycles. The van der Waals surface area contributed by atoms with Crippen LogP contribution in [0.15, 0.2) is 14.4 Å². The predicted octanol–water partition coefficient (Wildman–Crippen LogP) is -0.419. The summed E-state index contributed by atoms with van der Waals surface area (Å²) >= 11 is 9.45. The topological polar surface area (TPSA) is 145 Å². The molecule has 1 rings (SSSR count). The number of thioether (sulfide) groups is 1. The minimum Gasteiger partial charge on any atom is -0.464 e. The zero-order valence-corrected chi connectivity index (χ0v) is 22.4. The van der Waals surface area contributed by atoms with Crippen LogP contribution in [0.5, 0.6) is 0 Å². The fraction of sp³-hybridized carbons (Fsp3) is 0.700. The zero-order valence-electron chi connectivity index (χ0n) is 19.8. The van der Waals surface area contributed by atoms with Crippen molar-refractivity contribution in [1.29, 1.82) is 0 Å². The van der Waals surface area contributed by atoms with Crippen LogP contribution in [0, 0.1) is 0 Å². The van der Waals surface area contributed by atoms with E-state index in [0.717, 1.165) is 13.7 Å². The molecule has 0 amide bonds. The number of ether oxygens (including phenoxy) is 3. The lowest BCUT2D eigenvalue weighted by Crippen LogP contribution is -2.55. The Bertz CT molecular complexity index is 981. The van der Waals surface area contributed by atoms with Gasteiger partial charge in [-0.3, -0.25) is 14.4 Å². The van der Waals surface area contributed by atoms with E-state index in [1.54, 1.807) is 20.1 Å². The van der Waals surface area contributed by atoms with Gasteiger partial charge in [0, 0.05) is 10.5 Å². The summed E-state index contributed by atoms with van der Waals surface area (Å²) in [5.41, 5.74) is -2.85. The third kappa shape index (κ3) is 11.0. The lowest BCUT2D eigenvalue weighted by atomic mass is 10.3. The highest BCUT2D eigenvalue weighted by Crippen LogP contribution is 2.01. The molecule has 1 aromatic heterocycles. The SMILES string of the molecule is CSCC(=O)OCCn1c(=O)n(CCOC(=O)CC(C)S)c(=O)n(CCOC(=O)CC(C)S)c1=O. The van der Waals surface area contributed by atoms with Gasteiger partial charge in [0.2, 0.25) is 0 Å². The molecule has 1 aromatic rings. The molecule has 15 heteroatoms. The van der Waals surface area contributed by atoms with Crippen LogP contribution in [0.2, 0.25) is 0 Å².